The molecule has 8 nitrogen and oxygen atoms in total. The van der Waals surface area contributed by atoms with Crippen LogP contribution >= 0.6 is 0 Å². The second kappa shape index (κ2) is 8.61. The van der Waals surface area contributed by atoms with Crippen LogP contribution in [0.4, 0.5) is 17.1 Å². The lowest BCUT2D eigenvalue weighted by Gasteiger charge is -2.35. The van der Waals surface area contributed by atoms with Crippen LogP contribution in [-0.2, 0) is 12.8 Å². The number of aliphatic hydroxyl groups is 1. The van der Waals surface area contributed by atoms with Gasteiger partial charge in [0, 0.05) is 30.1 Å². The van der Waals surface area contributed by atoms with Crippen LogP contribution < -0.4 is 21.7 Å². The van der Waals surface area contributed by atoms with Crippen molar-refractivity contribution >= 4 is 33.9 Å². The van der Waals surface area contributed by atoms with Gasteiger partial charge in [0.25, 0.3) is 5.91 Å². The number of benzene rings is 1. The number of rotatable bonds is 4. The smallest absolute Gasteiger partial charge is 0.276 e. The lowest BCUT2D eigenvalue weighted by atomic mass is 10.0. The Kier molecular flexibility index (Phi) is 5.64. The molecule has 1 amide bonds. The van der Waals surface area contributed by atoms with Crippen molar-refractivity contribution in [1.82, 2.24) is 9.97 Å². The Morgan fingerprint density at radius 3 is 2.94 bits per heavy atom. The number of aryl methyl sites for hydroxylation is 1. The Labute approximate surface area is 193 Å². The fraction of sp³-hybridized carbons (Fsp3) is 0.400. The maximum absolute atomic E-state index is 13.3. The van der Waals surface area contributed by atoms with E-state index < -0.39 is 6.10 Å². The maximum Gasteiger partial charge on any atom is 0.276 e. The molecule has 5 rings (SSSR count). The normalized spacial score (nSPS) is 20.2. The number of nitrogens with two attached hydrogens (primary N) is 2. The van der Waals surface area contributed by atoms with E-state index in [1.54, 1.807) is 12.3 Å². The van der Waals surface area contributed by atoms with E-state index in [2.05, 4.69) is 27.1 Å². The van der Waals surface area contributed by atoms with Gasteiger partial charge in [0.15, 0.2) is 5.69 Å². The minimum atomic E-state index is -0.576. The number of carbonyl (C=O) groups is 1. The third-order valence-electron chi connectivity index (χ3n) is 6.72. The fourth-order valence-corrected chi connectivity index (χ4v) is 4.99. The van der Waals surface area contributed by atoms with Gasteiger partial charge >= 0.3 is 0 Å². The van der Waals surface area contributed by atoms with E-state index in [1.165, 1.54) is 0 Å². The van der Waals surface area contributed by atoms with Gasteiger partial charge in [-0.25, -0.2) is 4.98 Å². The highest BCUT2D eigenvalue weighted by atomic mass is 16.3. The van der Waals surface area contributed by atoms with Crippen LogP contribution in [0.2, 0.25) is 0 Å². The van der Waals surface area contributed by atoms with Crippen LogP contribution in [0.15, 0.2) is 30.5 Å². The van der Waals surface area contributed by atoms with Crippen LogP contribution in [0, 0.1) is 0 Å². The zero-order chi connectivity index (χ0) is 23.1. The van der Waals surface area contributed by atoms with Crippen molar-refractivity contribution in [2.45, 2.75) is 51.2 Å². The van der Waals surface area contributed by atoms with Gasteiger partial charge in [-0.2, -0.15) is 0 Å². The zero-order valence-electron chi connectivity index (χ0n) is 18.8. The van der Waals surface area contributed by atoms with Crippen LogP contribution in [-0.4, -0.2) is 40.1 Å². The molecule has 1 aromatic carbocycles. The average Bonchev–Trinajstić information content (AvgIpc) is 3.18. The van der Waals surface area contributed by atoms with E-state index in [0.717, 1.165) is 53.5 Å². The first-order chi connectivity index (χ1) is 15.9. The fourth-order valence-electron chi connectivity index (χ4n) is 4.99. The molecule has 0 spiro atoms. The highest BCUT2D eigenvalue weighted by Gasteiger charge is 2.31. The second-order valence-electron chi connectivity index (χ2n) is 9.05. The summed E-state index contributed by atoms with van der Waals surface area (Å²) >= 11 is 0. The predicted octanol–water partition coefficient (Wildman–Crippen LogP) is 2.93. The Morgan fingerprint density at radius 2 is 2.15 bits per heavy atom. The predicted molar refractivity (Wildman–Crippen MR) is 130 cm³/mol. The van der Waals surface area contributed by atoms with Gasteiger partial charge in [0.2, 0.25) is 0 Å². The molecule has 0 saturated carbocycles. The van der Waals surface area contributed by atoms with Gasteiger partial charge in [0.1, 0.15) is 0 Å². The molecule has 2 unspecified atom stereocenters. The van der Waals surface area contributed by atoms with Gasteiger partial charge in [-0.3, -0.25) is 9.78 Å². The lowest BCUT2D eigenvalue weighted by Crippen LogP contribution is -2.43. The van der Waals surface area contributed by atoms with E-state index in [1.807, 2.05) is 18.2 Å². The first-order valence-corrected chi connectivity index (χ1v) is 11.7. The number of nitrogens with one attached hydrogen (secondary N) is 1. The molecule has 3 aromatic rings. The SMILES string of the molecule is CCc1ccc2cc(N)c(C(=O)Nc3cnc4c(c3N3CCCC(N)C3)CCC4O)nc2c1. The van der Waals surface area contributed by atoms with Crippen LogP contribution in [0.3, 0.4) is 0 Å². The first kappa shape index (κ1) is 21.6. The minimum Gasteiger partial charge on any atom is -0.397 e. The lowest BCUT2D eigenvalue weighted by molar-refractivity contribution is 0.102. The maximum atomic E-state index is 13.3. The number of aromatic nitrogens is 2. The number of pyridine rings is 2. The topological polar surface area (TPSA) is 130 Å². The molecule has 2 aromatic heterocycles. The molecule has 1 aliphatic heterocycles. The summed E-state index contributed by atoms with van der Waals surface area (Å²) in [5, 5.41) is 14.3. The molecule has 6 N–H and O–H groups in total. The summed E-state index contributed by atoms with van der Waals surface area (Å²) in [4.78, 5) is 24.6. The molecule has 2 atom stereocenters. The summed E-state index contributed by atoms with van der Waals surface area (Å²) in [7, 11) is 0. The molecule has 0 radical (unpaired) electrons. The van der Waals surface area contributed by atoms with E-state index in [4.69, 9.17) is 11.5 Å². The summed E-state index contributed by atoms with van der Waals surface area (Å²) < 4.78 is 0. The number of nitrogens with zero attached hydrogens (tertiary/aromatic N) is 3. The Hall–Kier alpha value is -3.23. The summed E-state index contributed by atoms with van der Waals surface area (Å²) in [6.07, 6.45) is 5.24. The second-order valence-corrected chi connectivity index (χ2v) is 9.05. The van der Waals surface area contributed by atoms with Gasteiger partial charge in [-0.05, 0) is 49.8 Å². The number of carbonyl (C=O) groups excluding carboxylic acids is 1. The number of aliphatic hydroxyl groups excluding tert-OH is 1. The van der Waals surface area contributed by atoms with Crippen LogP contribution in [0.25, 0.3) is 10.9 Å². The highest BCUT2D eigenvalue weighted by molar-refractivity contribution is 6.09. The van der Waals surface area contributed by atoms with Crippen molar-refractivity contribution in [3.05, 3.63) is 53.0 Å². The molecule has 1 aliphatic carbocycles. The Morgan fingerprint density at radius 1 is 1.30 bits per heavy atom. The largest absolute Gasteiger partial charge is 0.397 e. The van der Waals surface area contributed by atoms with Crippen molar-refractivity contribution in [1.29, 1.82) is 0 Å². The van der Waals surface area contributed by atoms with E-state index in [-0.39, 0.29) is 17.6 Å². The quantitative estimate of drug-likeness (QED) is 0.485. The molecule has 0 bridgehead atoms. The summed E-state index contributed by atoms with van der Waals surface area (Å²) in [5.41, 5.74) is 18.1. The number of piperidine rings is 1. The van der Waals surface area contributed by atoms with Crippen molar-refractivity contribution in [2.75, 3.05) is 29.0 Å². The number of anilines is 3. The Bertz CT molecular complexity index is 1230. The summed E-state index contributed by atoms with van der Waals surface area (Å²) in [5.74, 6) is -0.376. The van der Waals surface area contributed by atoms with E-state index >= 15 is 0 Å². The van der Waals surface area contributed by atoms with Crippen molar-refractivity contribution in [3.63, 3.8) is 0 Å². The van der Waals surface area contributed by atoms with Crippen molar-refractivity contribution < 1.29 is 9.90 Å². The number of hydrogen-bond acceptors (Lipinski definition) is 7. The number of hydrogen-bond donors (Lipinski definition) is 4. The molecule has 1 fully saturated rings. The number of amides is 1. The summed E-state index contributed by atoms with van der Waals surface area (Å²) in [6.45, 7) is 3.63. The monoisotopic (exact) mass is 446 g/mol. The molecule has 3 heterocycles. The molecule has 172 valence electrons. The number of fused-ring (bicyclic) bond motifs is 2. The molecule has 33 heavy (non-hydrogen) atoms. The first-order valence-electron chi connectivity index (χ1n) is 11.7. The van der Waals surface area contributed by atoms with Crippen molar-refractivity contribution in [3.8, 4) is 0 Å². The molecular weight excluding hydrogens is 416 g/mol. The van der Waals surface area contributed by atoms with Crippen LogP contribution in [0.1, 0.15) is 59.6 Å². The minimum absolute atomic E-state index is 0.0722. The average molecular weight is 447 g/mol. The van der Waals surface area contributed by atoms with Gasteiger partial charge in [0.05, 0.1) is 40.6 Å². The molecule has 2 aliphatic rings. The van der Waals surface area contributed by atoms with Crippen molar-refractivity contribution in [2.24, 2.45) is 5.73 Å². The van der Waals surface area contributed by atoms with E-state index in [9.17, 15) is 9.90 Å². The highest BCUT2D eigenvalue weighted by Crippen LogP contribution is 2.41. The van der Waals surface area contributed by atoms with Gasteiger partial charge < -0.3 is 26.8 Å². The third-order valence-corrected chi connectivity index (χ3v) is 6.72. The molecule has 1 saturated heterocycles. The zero-order valence-corrected chi connectivity index (χ0v) is 18.8. The third kappa shape index (κ3) is 4.00. The Balaban J connectivity index is 1.53. The molecule has 8 heteroatoms. The summed E-state index contributed by atoms with van der Waals surface area (Å²) in [6, 6.07) is 7.88. The standard InChI is InChI=1S/C25H30N6O2/c1-2-14-5-6-15-11-18(27)23(29-19(15)10-14)25(33)30-20-12-28-22-17(7-8-21(22)32)24(20)31-9-3-4-16(26)13-31/h5-6,10-12,16,21,32H,2-4,7-9,13,26-27H2,1H3,(H,30,33). The number of nitrogen functional groups attached to an aromatic ring is 1. The van der Waals surface area contributed by atoms with E-state index in [0.29, 0.717) is 36.5 Å². The van der Waals surface area contributed by atoms with Crippen LogP contribution in [0.5, 0.6) is 0 Å². The van der Waals surface area contributed by atoms with Gasteiger partial charge in [-0.1, -0.05) is 19.1 Å². The van der Waals surface area contributed by atoms with Gasteiger partial charge in [-0.15, -0.1) is 0 Å². The molecular formula is C25H30N6O2.